The van der Waals surface area contributed by atoms with Crippen LogP contribution in [0, 0.1) is 32.1 Å². The molecule has 132 valence electrons. The van der Waals surface area contributed by atoms with Gasteiger partial charge < -0.3 is 10.6 Å². The van der Waals surface area contributed by atoms with Crippen LogP contribution in [0.4, 0.5) is 23.1 Å². The molecule has 6 heteroatoms. The smallest absolute Gasteiger partial charge is 0.229 e. The van der Waals surface area contributed by atoms with Crippen molar-refractivity contribution in [1.82, 2.24) is 9.97 Å². The minimum Gasteiger partial charge on any atom is -0.340 e. The fourth-order valence-corrected chi connectivity index (χ4v) is 2.75. The van der Waals surface area contributed by atoms with Gasteiger partial charge >= 0.3 is 0 Å². The van der Waals surface area contributed by atoms with Gasteiger partial charge in [-0.1, -0.05) is 17.7 Å². The fraction of sp³-hybridized carbons (Fsp3) is 0.150. The molecule has 0 aliphatic carbocycles. The first-order chi connectivity index (χ1) is 12.0. The van der Waals surface area contributed by atoms with Crippen LogP contribution < -0.4 is 10.6 Å². The Hall–Kier alpha value is -3.10. The lowest BCUT2D eigenvalue weighted by Crippen LogP contribution is -2.02. The van der Waals surface area contributed by atoms with Crippen LogP contribution in [0.3, 0.4) is 0 Å². The molecule has 5 nitrogen and oxygen atoms in total. The minimum absolute atomic E-state index is 0. The fourth-order valence-electron chi connectivity index (χ4n) is 2.75. The SMILES string of the molecule is Cc1cc(C)c(Nc2ccnc(Nc3ccc(C#N)cc3)n2)c(C)c1.Cl. The third-order valence-electron chi connectivity index (χ3n) is 3.86. The first-order valence-electron chi connectivity index (χ1n) is 8.00. The van der Waals surface area contributed by atoms with E-state index in [-0.39, 0.29) is 12.4 Å². The summed E-state index contributed by atoms with van der Waals surface area (Å²) in [5.74, 6) is 1.22. The van der Waals surface area contributed by atoms with Gasteiger partial charge in [-0.25, -0.2) is 4.98 Å². The largest absolute Gasteiger partial charge is 0.340 e. The molecule has 0 atom stereocenters. The summed E-state index contributed by atoms with van der Waals surface area (Å²) in [5.41, 5.74) is 6.11. The number of hydrogen-bond acceptors (Lipinski definition) is 5. The van der Waals surface area contributed by atoms with Gasteiger partial charge in [0.15, 0.2) is 0 Å². The average Bonchev–Trinajstić information content (AvgIpc) is 2.59. The van der Waals surface area contributed by atoms with E-state index >= 15 is 0 Å². The number of aromatic nitrogens is 2. The van der Waals surface area contributed by atoms with E-state index in [0.29, 0.717) is 11.5 Å². The van der Waals surface area contributed by atoms with Crippen LogP contribution in [-0.2, 0) is 0 Å². The van der Waals surface area contributed by atoms with Crippen molar-refractivity contribution in [2.45, 2.75) is 20.8 Å². The van der Waals surface area contributed by atoms with Gasteiger partial charge in [-0.15, -0.1) is 12.4 Å². The van der Waals surface area contributed by atoms with Crippen molar-refractivity contribution in [2.24, 2.45) is 0 Å². The number of halogens is 1. The lowest BCUT2D eigenvalue weighted by atomic mass is 10.1. The molecule has 0 amide bonds. The maximum absolute atomic E-state index is 8.85. The third-order valence-corrected chi connectivity index (χ3v) is 3.86. The third kappa shape index (κ3) is 4.50. The summed E-state index contributed by atoms with van der Waals surface area (Å²) in [7, 11) is 0. The van der Waals surface area contributed by atoms with E-state index in [1.165, 1.54) is 16.7 Å². The number of nitriles is 1. The number of aryl methyl sites for hydroxylation is 3. The quantitative estimate of drug-likeness (QED) is 0.666. The number of nitrogens with zero attached hydrogens (tertiary/aromatic N) is 3. The molecule has 3 aromatic rings. The van der Waals surface area contributed by atoms with Crippen LogP contribution in [0.25, 0.3) is 0 Å². The van der Waals surface area contributed by atoms with Crippen molar-refractivity contribution >= 4 is 35.5 Å². The molecule has 0 unspecified atom stereocenters. The maximum atomic E-state index is 8.85. The number of anilines is 4. The highest BCUT2D eigenvalue weighted by Crippen LogP contribution is 2.25. The molecule has 0 aliphatic heterocycles. The molecule has 0 bridgehead atoms. The van der Waals surface area contributed by atoms with E-state index in [2.05, 4.69) is 59.6 Å². The summed E-state index contributed by atoms with van der Waals surface area (Å²) in [6.45, 7) is 6.26. The molecule has 0 saturated heterocycles. The van der Waals surface area contributed by atoms with E-state index in [1.807, 2.05) is 18.2 Å². The van der Waals surface area contributed by atoms with Crippen molar-refractivity contribution in [3.8, 4) is 6.07 Å². The van der Waals surface area contributed by atoms with E-state index < -0.39 is 0 Å². The Labute approximate surface area is 159 Å². The zero-order valence-electron chi connectivity index (χ0n) is 14.9. The molecule has 0 fully saturated rings. The number of hydrogen-bond donors (Lipinski definition) is 2. The van der Waals surface area contributed by atoms with Crippen LogP contribution in [0.1, 0.15) is 22.3 Å². The van der Waals surface area contributed by atoms with Gasteiger partial charge in [0.1, 0.15) is 5.82 Å². The first-order valence-corrected chi connectivity index (χ1v) is 8.00. The number of nitrogens with one attached hydrogen (secondary N) is 2. The number of rotatable bonds is 4. The maximum Gasteiger partial charge on any atom is 0.229 e. The Bertz CT molecular complexity index is 922. The molecule has 0 spiro atoms. The molecule has 2 N–H and O–H groups in total. The normalized spacial score (nSPS) is 9.77. The Balaban J connectivity index is 0.00000243. The first kappa shape index (κ1) is 19.2. The van der Waals surface area contributed by atoms with Gasteiger partial charge in [0.2, 0.25) is 5.95 Å². The van der Waals surface area contributed by atoms with Gasteiger partial charge in [0.05, 0.1) is 11.6 Å². The molecule has 26 heavy (non-hydrogen) atoms. The van der Waals surface area contributed by atoms with E-state index in [4.69, 9.17) is 5.26 Å². The van der Waals surface area contributed by atoms with Gasteiger partial charge in [0, 0.05) is 17.6 Å². The van der Waals surface area contributed by atoms with Gasteiger partial charge in [0.25, 0.3) is 0 Å². The van der Waals surface area contributed by atoms with E-state index in [0.717, 1.165) is 17.2 Å². The zero-order chi connectivity index (χ0) is 17.8. The highest BCUT2D eigenvalue weighted by molar-refractivity contribution is 5.85. The lowest BCUT2D eigenvalue weighted by molar-refractivity contribution is 1.16. The summed E-state index contributed by atoms with van der Waals surface area (Å²) >= 11 is 0. The Morgan fingerprint density at radius 3 is 2.19 bits per heavy atom. The second-order valence-corrected chi connectivity index (χ2v) is 5.98. The highest BCUT2D eigenvalue weighted by Gasteiger charge is 2.06. The van der Waals surface area contributed by atoms with Crippen LogP contribution in [0.15, 0.2) is 48.7 Å². The standard InChI is InChI=1S/C20H19N5.ClH/c1-13-10-14(2)19(15(3)11-13)24-18-8-9-22-20(25-18)23-17-6-4-16(12-21)5-7-17;/h4-11H,1-3H3,(H2,22,23,24,25);1H. The molecule has 0 radical (unpaired) electrons. The molecule has 1 aromatic heterocycles. The highest BCUT2D eigenvalue weighted by atomic mass is 35.5. The molecule has 3 rings (SSSR count). The van der Waals surface area contributed by atoms with Gasteiger partial charge in [-0.3, -0.25) is 0 Å². The Kier molecular flexibility index (Phi) is 6.16. The summed E-state index contributed by atoms with van der Waals surface area (Å²) in [4.78, 5) is 8.76. The van der Waals surface area contributed by atoms with Crippen molar-refractivity contribution in [3.63, 3.8) is 0 Å². The second-order valence-electron chi connectivity index (χ2n) is 5.98. The average molecular weight is 366 g/mol. The van der Waals surface area contributed by atoms with Crippen LogP contribution in [-0.4, -0.2) is 9.97 Å². The van der Waals surface area contributed by atoms with Crippen LogP contribution in [0.2, 0.25) is 0 Å². The predicted molar refractivity (Wildman–Crippen MR) is 108 cm³/mol. The molecule has 0 aliphatic rings. The van der Waals surface area contributed by atoms with Crippen molar-refractivity contribution < 1.29 is 0 Å². The minimum atomic E-state index is 0. The monoisotopic (exact) mass is 365 g/mol. The van der Waals surface area contributed by atoms with Gasteiger partial charge in [-0.2, -0.15) is 10.2 Å². The molecule has 0 saturated carbocycles. The topological polar surface area (TPSA) is 73.6 Å². The Morgan fingerprint density at radius 1 is 0.923 bits per heavy atom. The van der Waals surface area contributed by atoms with Crippen molar-refractivity contribution in [3.05, 3.63) is 70.9 Å². The molecule has 2 aromatic carbocycles. The second kappa shape index (κ2) is 8.32. The van der Waals surface area contributed by atoms with E-state index in [9.17, 15) is 0 Å². The van der Waals surface area contributed by atoms with Gasteiger partial charge in [-0.05, 0) is 62.2 Å². The predicted octanol–water partition coefficient (Wildman–Crippen LogP) is 5.18. The summed E-state index contributed by atoms with van der Waals surface area (Å²) in [6.07, 6.45) is 1.71. The molecular formula is C20H20ClN5. The van der Waals surface area contributed by atoms with Crippen molar-refractivity contribution in [2.75, 3.05) is 10.6 Å². The zero-order valence-corrected chi connectivity index (χ0v) is 15.7. The van der Waals surface area contributed by atoms with E-state index in [1.54, 1.807) is 18.3 Å². The number of benzene rings is 2. The Morgan fingerprint density at radius 2 is 1.58 bits per heavy atom. The molecule has 1 heterocycles. The van der Waals surface area contributed by atoms with Crippen molar-refractivity contribution in [1.29, 1.82) is 5.26 Å². The summed E-state index contributed by atoms with van der Waals surface area (Å²) < 4.78 is 0. The van der Waals surface area contributed by atoms with Crippen LogP contribution >= 0.6 is 12.4 Å². The summed E-state index contributed by atoms with van der Waals surface area (Å²) in [5, 5.41) is 15.4. The summed E-state index contributed by atoms with van der Waals surface area (Å²) in [6, 6.07) is 15.4. The van der Waals surface area contributed by atoms with Crippen LogP contribution in [0.5, 0.6) is 0 Å². The lowest BCUT2D eigenvalue weighted by Gasteiger charge is -2.14. The molecular weight excluding hydrogens is 346 g/mol.